The van der Waals surface area contributed by atoms with Gasteiger partial charge in [-0.1, -0.05) is 12.1 Å². The third-order valence-corrected chi connectivity index (χ3v) is 4.11. The van der Waals surface area contributed by atoms with Gasteiger partial charge in [-0.15, -0.1) is 0 Å². The van der Waals surface area contributed by atoms with Crippen LogP contribution in [0.2, 0.25) is 0 Å². The van der Waals surface area contributed by atoms with Crippen molar-refractivity contribution in [2.45, 2.75) is 13.0 Å². The van der Waals surface area contributed by atoms with E-state index in [4.69, 9.17) is 4.74 Å². The van der Waals surface area contributed by atoms with E-state index in [0.717, 1.165) is 30.1 Å². The van der Waals surface area contributed by atoms with Crippen LogP contribution in [0.15, 0.2) is 67.1 Å². The SMILES string of the molecule is COc1ccc(CCNc2ccc(C(=O)NCc3ccncc3)cn2)cc1. The number of anilines is 1. The summed E-state index contributed by atoms with van der Waals surface area (Å²) in [6.45, 7) is 1.22. The first-order valence-corrected chi connectivity index (χ1v) is 8.74. The summed E-state index contributed by atoms with van der Waals surface area (Å²) < 4.78 is 5.15. The number of methoxy groups -OCH3 is 1. The number of hydrogen-bond donors (Lipinski definition) is 2. The van der Waals surface area contributed by atoms with Gasteiger partial charge in [-0.05, 0) is 53.9 Å². The molecule has 6 nitrogen and oxygen atoms in total. The molecule has 0 unspecified atom stereocenters. The number of hydrogen-bond acceptors (Lipinski definition) is 5. The van der Waals surface area contributed by atoms with E-state index >= 15 is 0 Å². The second-order valence-electron chi connectivity index (χ2n) is 6.00. The standard InChI is InChI=1S/C21H22N4O2/c1-27-19-5-2-16(3-6-19)10-13-23-20-7-4-18(15-24-20)21(26)25-14-17-8-11-22-12-9-17/h2-9,11-12,15H,10,13-14H2,1H3,(H,23,24)(H,25,26). The highest BCUT2D eigenvalue weighted by molar-refractivity contribution is 5.93. The molecule has 1 aromatic carbocycles. The van der Waals surface area contributed by atoms with E-state index < -0.39 is 0 Å². The Kier molecular flexibility index (Phi) is 6.35. The van der Waals surface area contributed by atoms with Crippen molar-refractivity contribution in [2.24, 2.45) is 0 Å². The minimum atomic E-state index is -0.149. The molecular weight excluding hydrogens is 340 g/mol. The van der Waals surface area contributed by atoms with E-state index in [0.29, 0.717) is 12.1 Å². The lowest BCUT2D eigenvalue weighted by Gasteiger charge is -2.08. The monoisotopic (exact) mass is 362 g/mol. The lowest BCUT2D eigenvalue weighted by atomic mass is 10.1. The summed E-state index contributed by atoms with van der Waals surface area (Å²) in [5.74, 6) is 1.45. The van der Waals surface area contributed by atoms with Crippen LogP contribution in [0.25, 0.3) is 0 Å². The van der Waals surface area contributed by atoms with E-state index in [-0.39, 0.29) is 5.91 Å². The average Bonchev–Trinajstić information content (AvgIpc) is 2.74. The molecule has 0 aliphatic heterocycles. The predicted octanol–water partition coefficient (Wildman–Crippen LogP) is 3.07. The van der Waals surface area contributed by atoms with Gasteiger partial charge in [0.2, 0.25) is 0 Å². The Labute approximate surface area is 158 Å². The number of carbonyl (C=O) groups excluding carboxylic acids is 1. The van der Waals surface area contributed by atoms with Gasteiger partial charge in [-0.25, -0.2) is 4.98 Å². The Balaban J connectivity index is 1.45. The van der Waals surface area contributed by atoms with Crippen LogP contribution in [-0.4, -0.2) is 29.5 Å². The first-order valence-electron chi connectivity index (χ1n) is 8.74. The van der Waals surface area contributed by atoms with Crippen molar-refractivity contribution in [1.29, 1.82) is 0 Å². The quantitative estimate of drug-likeness (QED) is 0.644. The van der Waals surface area contributed by atoms with Crippen LogP contribution in [0.1, 0.15) is 21.5 Å². The van der Waals surface area contributed by atoms with E-state index in [1.54, 1.807) is 31.8 Å². The molecule has 0 atom stereocenters. The van der Waals surface area contributed by atoms with Gasteiger partial charge in [0.25, 0.3) is 5.91 Å². The van der Waals surface area contributed by atoms with Gasteiger partial charge < -0.3 is 15.4 Å². The van der Waals surface area contributed by atoms with Gasteiger partial charge in [0, 0.05) is 31.7 Å². The molecule has 3 rings (SSSR count). The Morgan fingerprint density at radius 2 is 1.78 bits per heavy atom. The van der Waals surface area contributed by atoms with Gasteiger partial charge >= 0.3 is 0 Å². The maximum absolute atomic E-state index is 12.2. The molecule has 138 valence electrons. The zero-order chi connectivity index (χ0) is 18.9. The van der Waals surface area contributed by atoms with Crippen LogP contribution in [0, 0.1) is 0 Å². The molecule has 0 saturated heterocycles. The van der Waals surface area contributed by atoms with Crippen molar-refractivity contribution in [3.8, 4) is 5.75 Å². The maximum atomic E-state index is 12.2. The number of nitrogens with zero attached hydrogens (tertiary/aromatic N) is 2. The minimum absolute atomic E-state index is 0.149. The Morgan fingerprint density at radius 1 is 1.00 bits per heavy atom. The molecule has 0 saturated carbocycles. The lowest BCUT2D eigenvalue weighted by molar-refractivity contribution is 0.0950. The Bertz CT molecular complexity index is 850. The van der Waals surface area contributed by atoms with Crippen LogP contribution in [0.4, 0.5) is 5.82 Å². The predicted molar refractivity (Wildman–Crippen MR) is 105 cm³/mol. The van der Waals surface area contributed by atoms with Gasteiger partial charge in [-0.2, -0.15) is 0 Å². The van der Waals surface area contributed by atoms with Crippen LogP contribution in [0.3, 0.4) is 0 Å². The molecule has 27 heavy (non-hydrogen) atoms. The van der Waals surface area contributed by atoms with Crippen LogP contribution in [-0.2, 0) is 13.0 Å². The molecule has 2 heterocycles. The van der Waals surface area contributed by atoms with Crippen molar-refractivity contribution in [1.82, 2.24) is 15.3 Å². The highest BCUT2D eigenvalue weighted by Gasteiger charge is 2.06. The van der Waals surface area contributed by atoms with Crippen molar-refractivity contribution >= 4 is 11.7 Å². The van der Waals surface area contributed by atoms with Gasteiger partial charge in [0.05, 0.1) is 12.7 Å². The highest BCUT2D eigenvalue weighted by Crippen LogP contribution is 2.12. The molecule has 6 heteroatoms. The van der Waals surface area contributed by atoms with Crippen LogP contribution >= 0.6 is 0 Å². The van der Waals surface area contributed by atoms with Gasteiger partial charge in [0.1, 0.15) is 11.6 Å². The first kappa shape index (κ1) is 18.4. The first-order chi connectivity index (χ1) is 13.2. The fraction of sp³-hybridized carbons (Fsp3) is 0.190. The molecule has 2 N–H and O–H groups in total. The van der Waals surface area contributed by atoms with E-state index in [1.165, 1.54) is 5.56 Å². The second kappa shape index (κ2) is 9.33. The topological polar surface area (TPSA) is 76.1 Å². The molecule has 0 bridgehead atoms. The number of rotatable bonds is 8. The van der Waals surface area contributed by atoms with Crippen molar-refractivity contribution in [3.05, 3.63) is 83.8 Å². The molecule has 0 aliphatic rings. The maximum Gasteiger partial charge on any atom is 0.253 e. The summed E-state index contributed by atoms with van der Waals surface area (Å²) >= 11 is 0. The van der Waals surface area contributed by atoms with E-state index in [1.807, 2.05) is 42.5 Å². The zero-order valence-corrected chi connectivity index (χ0v) is 15.2. The van der Waals surface area contributed by atoms with E-state index in [2.05, 4.69) is 20.6 Å². The molecule has 3 aromatic rings. The molecular formula is C21H22N4O2. The average molecular weight is 362 g/mol. The number of pyridine rings is 2. The van der Waals surface area contributed by atoms with Gasteiger partial charge in [0.15, 0.2) is 0 Å². The molecule has 1 amide bonds. The summed E-state index contributed by atoms with van der Waals surface area (Å²) in [4.78, 5) is 20.5. The molecule has 0 spiro atoms. The normalized spacial score (nSPS) is 10.3. The van der Waals surface area contributed by atoms with Crippen molar-refractivity contribution in [2.75, 3.05) is 19.0 Å². The number of ether oxygens (including phenoxy) is 1. The third kappa shape index (κ3) is 5.54. The minimum Gasteiger partial charge on any atom is -0.497 e. The summed E-state index contributed by atoms with van der Waals surface area (Å²) in [6.07, 6.45) is 5.86. The number of aromatic nitrogens is 2. The molecule has 0 aliphatic carbocycles. The summed E-state index contributed by atoms with van der Waals surface area (Å²) in [5, 5.41) is 6.14. The smallest absolute Gasteiger partial charge is 0.253 e. The Hall–Kier alpha value is -3.41. The highest BCUT2D eigenvalue weighted by atomic mass is 16.5. The van der Waals surface area contributed by atoms with E-state index in [9.17, 15) is 4.79 Å². The number of amides is 1. The number of nitrogens with one attached hydrogen (secondary N) is 2. The molecule has 0 radical (unpaired) electrons. The fourth-order valence-corrected chi connectivity index (χ4v) is 2.54. The second-order valence-corrected chi connectivity index (χ2v) is 6.00. The summed E-state index contributed by atoms with van der Waals surface area (Å²) in [7, 11) is 1.66. The summed E-state index contributed by atoms with van der Waals surface area (Å²) in [6, 6.07) is 15.3. The van der Waals surface area contributed by atoms with Crippen LogP contribution in [0.5, 0.6) is 5.75 Å². The molecule has 2 aromatic heterocycles. The zero-order valence-electron chi connectivity index (χ0n) is 15.2. The lowest BCUT2D eigenvalue weighted by Crippen LogP contribution is -2.23. The number of benzene rings is 1. The summed E-state index contributed by atoms with van der Waals surface area (Å²) in [5.41, 5.74) is 2.75. The van der Waals surface area contributed by atoms with Gasteiger partial charge in [-0.3, -0.25) is 9.78 Å². The largest absolute Gasteiger partial charge is 0.497 e. The third-order valence-electron chi connectivity index (χ3n) is 4.11. The Morgan fingerprint density at radius 3 is 2.44 bits per heavy atom. The number of carbonyl (C=O) groups is 1. The van der Waals surface area contributed by atoms with Crippen molar-refractivity contribution in [3.63, 3.8) is 0 Å². The van der Waals surface area contributed by atoms with Crippen molar-refractivity contribution < 1.29 is 9.53 Å². The molecule has 0 fully saturated rings. The van der Waals surface area contributed by atoms with Crippen LogP contribution < -0.4 is 15.4 Å². The fourth-order valence-electron chi connectivity index (χ4n) is 2.54.